The van der Waals surface area contributed by atoms with Crippen LogP contribution in [0.15, 0.2) is 24.3 Å². The lowest BCUT2D eigenvalue weighted by molar-refractivity contribution is -0.274. The van der Waals surface area contributed by atoms with Crippen molar-refractivity contribution in [2.45, 2.75) is 57.5 Å². The fourth-order valence-electron chi connectivity index (χ4n) is 4.40. The minimum absolute atomic E-state index is 0.0385. The Labute approximate surface area is 151 Å². The zero-order valence-electron chi connectivity index (χ0n) is 14.8. The fraction of sp³-hybridized carbons (Fsp3) is 0.632. The molecule has 0 spiro atoms. The molecule has 1 aromatic carbocycles. The lowest BCUT2D eigenvalue weighted by atomic mass is 9.65. The normalized spacial score (nSPS) is 29.7. The third-order valence-electron chi connectivity index (χ3n) is 5.73. The van der Waals surface area contributed by atoms with Gasteiger partial charge in [-0.3, -0.25) is 4.79 Å². The Hall–Kier alpha value is -1.76. The summed E-state index contributed by atoms with van der Waals surface area (Å²) in [6, 6.07) is 5.53. The number of carbonyl (C=O) groups is 1. The van der Waals surface area contributed by atoms with Gasteiger partial charge in [0.1, 0.15) is 5.75 Å². The predicted molar refractivity (Wildman–Crippen MR) is 91.2 cm³/mol. The van der Waals surface area contributed by atoms with Gasteiger partial charge in [0, 0.05) is 12.0 Å². The molecule has 2 fully saturated rings. The highest BCUT2D eigenvalue weighted by Gasteiger charge is 2.40. The van der Waals surface area contributed by atoms with Crippen LogP contribution in [-0.4, -0.2) is 18.3 Å². The Kier molecular flexibility index (Phi) is 5.46. The number of rotatable bonds is 4. The van der Waals surface area contributed by atoms with Crippen molar-refractivity contribution in [2.75, 3.05) is 0 Å². The molecule has 3 unspecified atom stereocenters. The van der Waals surface area contributed by atoms with E-state index >= 15 is 0 Å². The number of halogens is 3. The number of ether oxygens (including phenoxy) is 1. The molecule has 1 aromatic rings. The van der Waals surface area contributed by atoms with Gasteiger partial charge in [0.15, 0.2) is 0 Å². The van der Waals surface area contributed by atoms with Crippen LogP contribution in [0.4, 0.5) is 13.2 Å². The summed E-state index contributed by atoms with van der Waals surface area (Å²) >= 11 is 0. The van der Waals surface area contributed by atoms with Crippen molar-refractivity contribution in [1.82, 2.24) is 5.32 Å². The first kappa shape index (κ1) is 19.0. The summed E-state index contributed by atoms with van der Waals surface area (Å²) in [5.41, 5.74) is 6.85. The van der Waals surface area contributed by atoms with Crippen molar-refractivity contribution in [3.05, 3.63) is 29.8 Å². The number of nitrogens with one attached hydrogen (secondary N) is 1. The van der Waals surface area contributed by atoms with E-state index in [1.807, 2.05) is 0 Å². The van der Waals surface area contributed by atoms with E-state index in [0.29, 0.717) is 17.4 Å². The Morgan fingerprint density at radius 2 is 1.92 bits per heavy atom. The Morgan fingerprint density at radius 1 is 1.27 bits per heavy atom. The molecule has 0 aliphatic heterocycles. The maximum Gasteiger partial charge on any atom is 0.573 e. The molecule has 2 aliphatic rings. The van der Waals surface area contributed by atoms with Crippen LogP contribution in [0.2, 0.25) is 0 Å². The second-order valence-electron chi connectivity index (χ2n) is 7.55. The molecular weight excluding hydrogens is 345 g/mol. The summed E-state index contributed by atoms with van der Waals surface area (Å²) in [5, 5.41) is 2.94. The Morgan fingerprint density at radius 3 is 2.54 bits per heavy atom. The maximum absolute atomic E-state index is 12.7. The number of benzene rings is 1. The van der Waals surface area contributed by atoms with Gasteiger partial charge in [-0.25, -0.2) is 0 Å². The van der Waals surface area contributed by atoms with E-state index in [-0.39, 0.29) is 23.6 Å². The van der Waals surface area contributed by atoms with Gasteiger partial charge in [0.2, 0.25) is 5.91 Å². The quantitative estimate of drug-likeness (QED) is 0.844. The van der Waals surface area contributed by atoms with Crippen LogP contribution in [0.5, 0.6) is 5.75 Å². The Balaban J connectivity index is 1.62. The van der Waals surface area contributed by atoms with E-state index in [1.165, 1.54) is 24.6 Å². The molecule has 26 heavy (non-hydrogen) atoms. The fourth-order valence-corrected chi connectivity index (χ4v) is 4.40. The molecule has 7 heteroatoms. The molecule has 1 amide bonds. The molecule has 2 aliphatic carbocycles. The van der Waals surface area contributed by atoms with Crippen LogP contribution in [0.3, 0.4) is 0 Å². The molecule has 0 saturated heterocycles. The number of nitrogens with two attached hydrogens (primary N) is 1. The molecule has 3 rings (SSSR count). The van der Waals surface area contributed by atoms with Gasteiger partial charge in [-0.15, -0.1) is 13.2 Å². The molecule has 3 N–H and O–H groups in total. The summed E-state index contributed by atoms with van der Waals surface area (Å²) in [6.07, 6.45) is 0.200. The van der Waals surface area contributed by atoms with Gasteiger partial charge in [-0.2, -0.15) is 0 Å². The van der Waals surface area contributed by atoms with Crippen LogP contribution in [0.25, 0.3) is 0 Å². The minimum atomic E-state index is -4.73. The van der Waals surface area contributed by atoms with Crippen molar-refractivity contribution >= 4 is 5.91 Å². The summed E-state index contributed by atoms with van der Waals surface area (Å²) < 4.78 is 41.1. The van der Waals surface area contributed by atoms with Crippen LogP contribution in [-0.2, 0) is 4.79 Å². The molecule has 0 aromatic heterocycles. The molecule has 0 radical (unpaired) electrons. The number of alkyl halides is 3. The van der Waals surface area contributed by atoms with Crippen LogP contribution in [0, 0.1) is 17.8 Å². The standard InChI is InChI=1S/C19H25F3N2O2/c1-11(12-4-3-7-16(10-12)26-19(20,21)22)24-18(25)15-8-13-5-2-6-14(9-15)17(13)23/h3-4,7,10-11,13-15,17H,2,5-6,8-9,23H2,1H3,(H,24,25). The molecule has 2 bridgehead atoms. The first-order valence-electron chi connectivity index (χ1n) is 9.14. The highest BCUT2D eigenvalue weighted by atomic mass is 19.4. The van der Waals surface area contributed by atoms with E-state index in [1.54, 1.807) is 13.0 Å². The van der Waals surface area contributed by atoms with E-state index in [9.17, 15) is 18.0 Å². The lowest BCUT2D eigenvalue weighted by Crippen LogP contribution is -2.49. The average Bonchev–Trinajstić information content (AvgIpc) is 2.53. The highest BCUT2D eigenvalue weighted by Crippen LogP contribution is 2.42. The van der Waals surface area contributed by atoms with Crippen molar-refractivity contribution in [2.24, 2.45) is 23.5 Å². The van der Waals surface area contributed by atoms with Crippen molar-refractivity contribution in [3.63, 3.8) is 0 Å². The summed E-state index contributed by atoms with van der Waals surface area (Å²) in [7, 11) is 0. The number of carbonyl (C=O) groups excluding carboxylic acids is 1. The van der Waals surface area contributed by atoms with Crippen molar-refractivity contribution in [3.8, 4) is 5.75 Å². The monoisotopic (exact) mass is 370 g/mol. The first-order valence-corrected chi connectivity index (χ1v) is 9.14. The second-order valence-corrected chi connectivity index (χ2v) is 7.55. The molecular formula is C19H25F3N2O2. The maximum atomic E-state index is 12.7. The predicted octanol–water partition coefficient (Wildman–Crippen LogP) is 3.92. The number of hydrogen-bond acceptors (Lipinski definition) is 3. The minimum Gasteiger partial charge on any atom is -0.406 e. The van der Waals surface area contributed by atoms with Crippen molar-refractivity contribution in [1.29, 1.82) is 0 Å². The van der Waals surface area contributed by atoms with E-state index in [4.69, 9.17) is 5.73 Å². The van der Waals surface area contributed by atoms with Crippen molar-refractivity contribution < 1.29 is 22.7 Å². The van der Waals surface area contributed by atoms with Gasteiger partial charge in [-0.05, 0) is 62.1 Å². The van der Waals surface area contributed by atoms with Gasteiger partial charge >= 0.3 is 6.36 Å². The first-order chi connectivity index (χ1) is 12.2. The van der Waals surface area contributed by atoms with Crippen LogP contribution >= 0.6 is 0 Å². The SMILES string of the molecule is CC(NC(=O)C1CC2CCCC(C1)C2N)c1cccc(OC(F)(F)F)c1. The Bertz CT molecular complexity index is 636. The molecule has 0 heterocycles. The number of hydrogen-bond donors (Lipinski definition) is 2. The number of amides is 1. The van der Waals surface area contributed by atoms with E-state index < -0.39 is 12.4 Å². The van der Waals surface area contributed by atoms with E-state index in [0.717, 1.165) is 25.7 Å². The molecule has 144 valence electrons. The molecule has 3 atom stereocenters. The van der Waals surface area contributed by atoms with E-state index in [2.05, 4.69) is 10.1 Å². The van der Waals surface area contributed by atoms with Gasteiger partial charge in [0.05, 0.1) is 6.04 Å². The largest absolute Gasteiger partial charge is 0.573 e. The lowest BCUT2D eigenvalue weighted by Gasteiger charge is -2.43. The van der Waals surface area contributed by atoms with Crippen LogP contribution < -0.4 is 15.8 Å². The second kappa shape index (κ2) is 7.47. The summed E-state index contributed by atoms with van der Waals surface area (Å²) in [5.74, 6) is 0.411. The summed E-state index contributed by atoms with van der Waals surface area (Å²) in [6.45, 7) is 1.76. The van der Waals surface area contributed by atoms with Gasteiger partial charge in [-0.1, -0.05) is 18.6 Å². The highest BCUT2D eigenvalue weighted by molar-refractivity contribution is 5.79. The zero-order valence-corrected chi connectivity index (χ0v) is 14.8. The third-order valence-corrected chi connectivity index (χ3v) is 5.73. The molecule has 2 saturated carbocycles. The third kappa shape index (κ3) is 4.50. The smallest absolute Gasteiger partial charge is 0.406 e. The van der Waals surface area contributed by atoms with Gasteiger partial charge in [0.25, 0.3) is 0 Å². The average molecular weight is 370 g/mol. The number of fused-ring (bicyclic) bond motifs is 2. The van der Waals surface area contributed by atoms with Crippen LogP contribution in [0.1, 0.15) is 50.6 Å². The summed E-state index contributed by atoms with van der Waals surface area (Å²) in [4.78, 5) is 12.7. The molecule has 4 nitrogen and oxygen atoms in total. The topological polar surface area (TPSA) is 64.4 Å². The zero-order chi connectivity index (χ0) is 18.9. The van der Waals surface area contributed by atoms with Gasteiger partial charge < -0.3 is 15.8 Å².